The van der Waals surface area contributed by atoms with Crippen LogP contribution in [0.3, 0.4) is 0 Å². The molecule has 1 saturated heterocycles. The van der Waals surface area contributed by atoms with Gasteiger partial charge in [0.2, 0.25) is 0 Å². The third kappa shape index (κ3) is 3.16. The minimum Gasteiger partial charge on any atom is -0.378 e. The van der Waals surface area contributed by atoms with Crippen LogP contribution in [-0.4, -0.2) is 18.5 Å². The number of aryl methyl sites for hydroxylation is 2. The van der Waals surface area contributed by atoms with E-state index in [1.54, 1.807) is 0 Å². The summed E-state index contributed by atoms with van der Waals surface area (Å²) < 4.78 is 5.45. The largest absolute Gasteiger partial charge is 0.378 e. The summed E-state index contributed by atoms with van der Waals surface area (Å²) in [6.07, 6.45) is 1.66. The summed E-state index contributed by atoms with van der Waals surface area (Å²) in [5.74, 6) is 0.421. The Kier molecular flexibility index (Phi) is 3.63. The summed E-state index contributed by atoms with van der Waals surface area (Å²) >= 11 is 0. The van der Waals surface area contributed by atoms with Gasteiger partial charge in [0.15, 0.2) is 0 Å². The van der Waals surface area contributed by atoms with Crippen LogP contribution >= 0.6 is 0 Å². The Morgan fingerprint density at radius 1 is 1.29 bits per heavy atom. The minimum absolute atomic E-state index is 0.103. The Bertz CT molecular complexity index is 403. The predicted octanol–water partition coefficient (Wildman–Crippen LogP) is 2.84. The molecule has 92 valence electrons. The van der Waals surface area contributed by atoms with Gasteiger partial charge in [-0.2, -0.15) is 0 Å². The highest BCUT2D eigenvalue weighted by atomic mass is 16.5. The molecule has 1 aromatic rings. The Balaban J connectivity index is 2.03. The number of rotatable bonds is 3. The highest BCUT2D eigenvalue weighted by Crippen LogP contribution is 2.22. The van der Waals surface area contributed by atoms with E-state index in [0.717, 1.165) is 12.0 Å². The molecule has 2 rings (SSSR count). The normalized spacial score (nSPS) is 23.9. The van der Waals surface area contributed by atoms with Gasteiger partial charge >= 0.3 is 0 Å². The number of Topliss-reactive ketones (excluding diaryl/α,β-unsaturated/α-hetero) is 1. The van der Waals surface area contributed by atoms with Crippen molar-refractivity contribution in [1.29, 1.82) is 0 Å². The van der Waals surface area contributed by atoms with Crippen LogP contribution in [0.2, 0.25) is 0 Å². The third-order valence-corrected chi connectivity index (χ3v) is 3.31. The van der Waals surface area contributed by atoms with E-state index in [1.165, 1.54) is 11.1 Å². The maximum Gasteiger partial charge on any atom is 0.142 e. The molecule has 2 unspecified atom stereocenters. The van der Waals surface area contributed by atoms with Crippen molar-refractivity contribution in [2.45, 2.75) is 39.7 Å². The van der Waals surface area contributed by atoms with Crippen LogP contribution < -0.4 is 0 Å². The monoisotopic (exact) mass is 232 g/mol. The molecule has 0 aromatic heterocycles. The molecule has 0 bridgehead atoms. The summed E-state index contributed by atoms with van der Waals surface area (Å²) in [4.78, 5) is 12.1. The maximum atomic E-state index is 12.1. The van der Waals surface area contributed by atoms with Crippen LogP contribution in [0, 0.1) is 19.8 Å². The topological polar surface area (TPSA) is 26.3 Å². The minimum atomic E-state index is 0.103. The number of ketones is 1. The van der Waals surface area contributed by atoms with E-state index >= 15 is 0 Å². The summed E-state index contributed by atoms with van der Waals surface area (Å²) in [5.41, 5.74) is 3.58. The molecule has 0 aliphatic carbocycles. The van der Waals surface area contributed by atoms with Crippen molar-refractivity contribution < 1.29 is 9.53 Å². The molecule has 2 heteroatoms. The number of benzene rings is 1. The number of ether oxygens (including phenoxy) is 1. The number of carbonyl (C=O) groups is 1. The van der Waals surface area contributed by atoms with E-state index in [4.69, 9.17) is 4.74 Å². The molecule has 0 N–H and O–H groups in total. The molecule has 0 radical (unpaired) electrons. The molecule has 17 heavy (non-hydrogen) atoms. The molecular formula is C15H20O2. The first-order valence-electron chi connectivity index (χ1n) is 6.26. The van der Waals surface area contributed by atoms with E-state index in [9.17, 15) is 4.79 Å². The first kappa shape index (κ1) is 12.3. The van der Waals surface area contributed by atoms with Crippen molar-refractivity contribution in [3.05, 3.63) is 34.9 Å². The van der Waals surface area contributed by atoms with Crippen molar-refractivity contribution in [3.8, 4) is 0 Å². The zero-order chi connectivity index (χ0) is 12.4. The molecule has 1 fully saturated rings. The highest BCUT2D eigenvalue weighted by Gasteiger charge is 2.27. The molecule has 1 aromatic carbocycles. The van der Waals surface area contributed by atoms with Crippen molar-refractivity contribution in [3.63, 3.8) is 0 Å². The second-order valence-electron chi connectivity index (χ2n) is 5.22. The molecule has 1 aliphatic heterocycles. The lowest BCUT2D eigenvalue weighted by atomic mass is 9.94. The molecule has 0 spiro atoms. The smallest absolute Gasteiger partial charge is 0.142 e. The molecule has 1 aliphatic rings. The van der Waals surface area contributed by atoms with E-state index in [0.29, 0.717) is 18.8 Å². The first-order valence-corrected chi connectivity index (χ1v) is 6.26. The lowest BCUT2D eigenvalue weighted by Gasteiger charge is -2.08. The molecule has 1 heterocycles. The van der Waals surface area contributed by atoms with Crippen LogP contribution in [0.4, 0.5) is 0 Å². The Hall–Kier alpha value is -1.15. The van der Waals surface area contributed by atoms with E-state index in [-0.39, 0.29) is 12.0 Å². The van der Waals surface area contributed by atoms with E-state index < -0.39 is 0 Å². The van der Waals surface area contributed by atoms with Gasteiger partial charge in [-0.1, -0.05) is 29.3 Å². The van der Waals surface area contributed by atoms with Crippen molar-refractivity contribution in [2.24, 2.45) is 5.92 Å². The molecular weight excluding hydrogens is 212 g/mol. The van der Waals surface area contributed by atoms with Crippen LogP contribution in [-0.2, 0) is 16.0 Å². The summed E-state index contributed by atoms with van der Waals surface area (Å²) in [6.45, 7) is 6.78. The third-order valence-electron chi connectivity index (χ3n) is 3.31. The molecule has 0 amide bonds. The fourth-order valence-corrected chi connectivity index (χ4v) is 2.56. The molecule has 2 atom stereocenters. The van der Waals surface area contributed by atoms with Crippen molar-refractivity contribution in [2.75, 3.05) is 6.61 Å². The van der Waals surface area contributed by atoms with Crippen LogP contribution in [0.25, 0.3) is 0 Å². The zero-order valence-electron chi connectivity index (χ0n) is 10.8. The van der Waals surface area contributed by atoms with Gasteiger partial charge in [0.05, 0.1) is 12.7 Å². The Morgan fingerprint density at radius 3 is 2.47 bits per heavy atom. The van der Waals surface area contributed by atoms with E-state index in [1.807, 2.05) is 6.92 Å². The first-order chi connectivity index (χ1) is 8.04. The molecule has 0 saturated carbocycles. The number of hydrogen-bond acceptors (Lipinski definition) is 2. The van der Waals surface area contributed by atoms with Gasteiger partial charge in [0.1, 0.15) is 5.78 Å². The molecule has 2 nitrogen and oxygen atoms in total. The predicted molar refractivity (Wildman–Crippen MR) is 68.1 cm³/mol. The average molecular weight is 232 g/mol. The fraction of sp³-hybridized carbons (Fsp3) is 0.533. The number of carbonyl (C=O) groups excluding carboxylic acids is 1. The second kappa shape index (κ2) is 5.01. The van der Waals surface area contributed by atoms with Crippen LogP contribution in [0.15, 0.2) is 18.2 Å². The van der Waals surface area contributed by atoms with Crippen molar-refractivity contribution in [1.82, 2.24) is 0 Å². The Morgan fingerprint density at radius 2 is 1.94 bits per heavy atom. The maximum absolute atomic E-state index is 12.1. The highest BCUT2D eigenvalue weighted by molar-refractivity contribution is 5.83. The van der Waals surface area contributed by atoms with Gasteiger partial charge in [0.25, 0.3) is 0 Å². The van der Waals surface area contributed by atoms with Gasteiger partial charge in [-0.25, -0.2) is 0 Å². The van der Waals surface area contributed by atoms with E-state index in [2.05, 4.69) is 32.0 Å². The Labute approximate surface area is 103 Å². The lowest BCUT2D eigenvalue weighted by Crippen LogP contribution is -2.17. The summed E-state index contributed by atoms with van der Waals surface area (Å²) in [7, 11) is 0. The average Bonchev–Trinajstić information content (AvgIpc) is 2.63. The summed E-state index contributed by atoms with van der Waals surface area (Å²) in [6, 6.07) is 6.34. The van der Waals surface area contributed by atoms with Crippen LogP contribution in [0.1, 0.15) is 30.0 Å². The zero-order valence-corrected chi connectivity index (χ0v) is 10.8. The van der Waals surface area contributed by atoms with Crippen molar-refractivity contribution >= 4 is 5.78 Å². The fourth-order valence-electron chi connectivity index (χ4n) is 2.56. The van der Waals surface area contributed by atoms with Gasteiger partial charge in [-0.15, -0.1) is 0 Å². The van der Waals surface area contributed by atoms with Gasteiger partial charge < -0.3 is 4.74 Å². The lowest BCUT2D eigenvalue weighted by molar-refractivity contribution is -0.122. The van der Waals surface area contributed by atoms with Gasteiger partial charge in [-0.3, -0.25) is 4.79 Å². The quantitative estimate of drug-likeness (QED) is 0.801. The standard InChI is InChI=1S/C15H20O2/c1-10-4-11(2)6-13(5-10)8-15(16)14-7-12(3)17-9-14/h4-6,12,14H,7-9H2,1-3H3. The second-order valence-corrected chi connectivity index (χ2v) is 5.22. The van der Waals surface area contributed by atoms with Gasteiger partial charge in [0, 0.05) is 12.3 Å². The van der Waals surface area contributed by atoms with Gasteiger partial charge in [-0.05, 0) is 32.8 Å². The summed E-state index contributed by atoms with van der Waals surface area (Å²) in [5, 5.41) is 0. The number of hydrogen-bond donors (Lipinski definition) is 0. The SMILES string of the molecule is Cc1cc(C)cc(CC(=O)C2COC(C)C2)c1. The van der Waals surface area contributed by atoms with Crippen LogP contribution in [0.5, 0.6) is 0 Å².